The molecule has 17 heavy (non-hydrogen) atoms. The van der Waals surface area contributed by atoms with Crippen LogP contribution < -0.4 is 16.0 Å². The largest absolute Gasteiger partial charge is 0.493 e. The molecule has 0 aliphatic carbocycles. The first-order chi connectivity index (χ1) is 8.13. The van der Waals surface area contributed by atoms with Crippen LogP contribution in [0, 0.1) is 11.8 Å². The molecule has 0 saturated heterocycles. The van der Waals surface area contributed by atoms with Gasteiger partial charge >= 0.3 is 0 Å². The van der Waals surface area contributed by atoms with E-state index < -0.39 is 0 Å². The number of hydrogen-bond donors (Lipinski definition) is 2. The summed E-state index contributed by atoms with van der Waals surface area (Å²) in [4.78, 5) is 0. The average Bonchev–Trinajstić information content (AvgIpc) is 2.77. The number of nitrogens with one attached hydrogen (secondary N) is 1. The summed E-state index contributed by atoms with van der Waals surface area (Å²) in [6.07, 6.45) is 1.01. The third-order valence-corrected chi connectivity index (χ3v) is 3.83. The van der Waals surface area contributed by atoms with E-state index >= 15 is 0 Å². The Hall–Kier alpha value is -1.06. The fraction of sp³-hybridized carbons (Fsp3) is 0.571. The number of hydrogen-bond acceptors (Lipinski definition) is 3. The molecular weight excluding hydrogens is 212 g/mol. The molecule has 0 radical (unpaired) electrons. The van der Waals surface area contributed by atoms with E-state index in [1.54, 1.807) is 0 Å². The molecule has 0 aromatic heterocycles. The standard InChI is InChI=1S/C14H22N2O/c1-9(2)10(3)14(16-15)12-4-5-13-11(8-12)6-7-17-13/h4-5,8-10,14,16H,6-7,15H2,1-3H3. The monoisotopic (exact) mass is 234 g/mol. The number of nitrogens with two attached hydrogens (primary N) is 1. The second-order valence-electron chi connectivity index (χ2n) is 5.21. The molecule has 0 spiro atoms. The maximum absolute atomic E-state index is 5.71. The van der Waals surface area contributed by atoms with Crippen LogP contribution in [0.5, 0.6) is 5.75 Å². The van der Waals surface area contributed by atoms with Crippen LogP contribution in [0.2, 0.25) is 0 Å². The third kappa shape index (κ3) is 2.45. The van der Waals surface area contributed by atoms with Crippen LogP contribution in [0.25, 0.3) is 0 Å². The first kappa shape index (κ1) is 12.4. The molecule has 1 aromatic carbocycles. The van der Waals surface area contributed by atoms with E-state index in [4.69, 9.17) is 10.6 Å². The fourth-order valence-electron chi connectivity index (χ4n) is 2.34. The smallest absolute Gasteiger partial charge is 0.122 e. The van der Waals surface area contributed by atoms with Gasteiger partial charge in [0.1, 0.15) is 5.75 Å². The maximum Gasteiger partial charge on any atom is 0.122 e. The van der Waals surface area contributed by atoms with Crippen LogP contribution in [-0.2, 0) is 6.42 Å². The first-order valence-corrected chi connectivity index (χ1v) is 6.35. The minimum absolute atomic E-state index is 0.209. The molecule has 0 amide bonds. The molecule has 0 fully saturated rings. The van der Waals surface area contributed by atoms with Crippen LogP contribution in [0.1, 0.15) is 37.9 Å². The Labute approximate surface area is 103 Å². The second-order valence-corrected chi connectivity index (χ2v) is 5.21. The Kier molecular flexibility index (Phi) is 3.69. The molecule has 0 saturated carbocycles. The van der Waals surface area contributed by atoms with Gasteiger partial charge in [0.25, 0.3) is 0 Å². The highest BCUT2D eigenvalue weighted by Crippen LogP contribution is 2.32. The van der Waals surface area contributed by atoms with E-state index in [0.29, 0.717) is 11.8 Å². The molecule has 94 valence electrons. The maximum atomic E-state index is 5.71. The average molecular weight is 234 g/mol. The van der Waals surface area contributed by atoms with Gasteiger partial charge in [0.2, 0.25) is 0 Å². The molecule has 3 N–H and O–H groups in total. The fourth-order valence-corrected chi connectivity index (χ4v) is 2.34. The zero-order valence-corrected chi connectivity index (χ0v) is 10.9. The molecular formula is C14H22N2O. The molecule has 2 unspecified atom stereocenters. The van der Waals surface area contributed by atoms with Crippen molar-refractivity contribution in [3.05, 3.63) is 29.3 Å². The van der Waals surface area contributed by atoms with Crippen LogP contribution in [0.15, 0.2) is 18.2 Å². The van der Waals surface area contributed by atoms with Gasteiger partial charge in [-0.15, -0.1) is 0 Å². The molecule has 1 aliphatic heterocycles. The summed E-state index contributed by atoms with van der Waals surface area (Å²) in [6.45, 7) is 7.50. The van der Waals surface area contributed by atoms with Crippen LogP contribution in [0.3, 0.4) is 0 Å². The van der Waals surface area contributed by atoms with Crippen molar-refractivity contribution < 1.29 is 4.74 Å². The molecule has 1 aliphatic rings. The van der Waals surface area contributed by atoms with Gasteiger partial charge in [0.15, 0.2) is 0 Å². The Morgan fingerprint density at radius 3 is 2.71 bits per heavy atom. The van der Waals surface area contributed by atoms with Crippen molar-refractivity contribution in [1.29, 1.82) is 0 Å². The SMILES string of the molecule is CC(C)C(C)C(NN)c1ccc2c(c1)CCO2. The molecule has 0 bridgehead atoms. The zero-order chi connectivity index (χ0) is 12.4. The summed E-state index contributed by atoms with van der Waals surface area (Å²) in [6, 6.07) is 6.62. The second kappa shape index (κ2) is 5.07. The van der Waals surface area contributed by atoms with Crippen LogP contribution in [0.4, 0.5) is 0 Å². The molecule has 3 heteroatoms. The summed E-state index contributed by atoms with van der Waals surface area (Å²) in [5.41, 5.74) is 5.52. The summed E-state index contributed by atoms with van der Waals surface area (Å²) in [7, 11) is 0. The van der Waals surface area contributed by atoms with E-state index in [0.717, 1.165) is 18.8 Å². The number of benzene rings is 1. The lowest BCUT2D eigenvalue weighted by Crippen LogP contribution is -2.34. The molecule has 2 atom stereocenters. The first-order valence-electron chi connectivity index (χ1n) is 6.35. The lowest BCUT2D eigenvalue weighted by atomic mass is 9.86. The molecule has 3 nitrogen and oxygen atoms in total. The van der Waals surface area contributed by atoms with Gasteiger partial charge in [-0.1, -0.05) is 32.9 Å². The van der Waals surface area contributed by atoms with Gasteiger partial charge in [0.05, 0.1) is 6.61 Å². The van der Waals surface area contributed by atoms with Gasteiger partial charge < -0.3 is 4.74 Å². The number of hydrazine groups is 1. The van der Waals surface area contributed by atoms with Crippen LogP contribution >= 0.6 is 0 Å². The Morgan fingerprint density at radius 2 is 2.06 bits per heavy atom. The van der Waals surface area contributed by atoms with E-state index in [1.165, 1.54) is 11.1 Å². The van der Waals surface area contributed by atoms with Crippen molar-refractivity contribution >= 4 is 0 Å². The minimum atomic E-state index is 0.209. The quantitative estimate of drug-likeness (QED) is 0.621. The van der Waals surface area contributed by atoms with E-state index in [-0.39, 0.29) is 6.04 Å². The number of rotatable bonds is 4. The van der Waals surface area contributed by atoms with Crippen molar-refractivity contribution in [2.24, 2.45) is 17.7 Å². The minimum Gasteiger partial charge on any atom is -0.493 e. The Bertz CT molecular complexity index is 390. The highest BCUT2D eigenvalue weighted by molar-refractivity contribution is 5.40. The van der Waals surface area contributed by atoms with E-state index in [9.17, 15) is 0 Å². The Morgan fingerprint density at radius 1 is 1.29 bits per heavy atom. The van der Waals surface area contributed by atoms with E-state index in [2.05, 4.69) is 44.4 Å². The summed E-state index contributed by atoms with van der Waals surface area (Å²) >= 11 is 0. The van der Waals surface area contributed by atoms with Crippen molar-refractivity contribution in [3.8, 4) is 5.75 Å². The normalized spacial score (nSPS) is 17.7. The number of ether oxygens (including phenoxy) is 1. The molecule has 2 rings (SSSR count). The van der Waals surface area contributed by atoms with Gasteiger partial charge in [0, 0.05) is 12.5 Å². The third-order valence-electron chi connectivity index (χ3n) is 3.83. The predicted octanol–water partition coefficient (Wildman–Crippen LogP) is 2.42. The van der Waals surface area contributed by atoms with Crippen molar-refractivity contribution in [1.82, 2.24) is 5.43 Å². The van der Waals surface area contributed by atoms with E-state index in [1.807, 2.05) is 0 Å². The number of fused-ring (bicyclic) bond motifs is 1. The summed E-state index contributed by atoms with van der Waals surface area (Å²) in [5.74, 6) is 7.83. The van der Waals surface area contributed by atoms with Crippen molar-refractivity contribution in [3.63, 3.8) is 0 Å². The lowest BCUT2D eigenvalue weighted by Gasteiger charge is -2.27. The van der Waals surface area contributed by atoms with Crippen molar-refractivity contribution in [2.75, 3.05) is 6.61 Å². The van der Waals surface area contributed by atoms with Gasteiger partial charge in [-0.05, 0) is 29.0 Å². The summed E-state index contributed by atoms with van der Waals surface area (Å²) < 4.78 is 5.52. The Balaban J connectivity index is 2.25. The highest BCUT2D eigenvalue weighted by Gasteiger charge is 2.22. The summed E-state index contributed by atoms with van der Waals surface area (Å²) in [5, 5.41) is 0. The zero-order valence-electron chi connectivity index (χ0n) is 10.9. The lowest BCUT2D eigenvalue weighted by molar-refractivity contribution is 0.306. The van der Waals surface area contributed by atoms with Gasteiger partial charge in [-0.3, -0.25) is 11.3 Å². The molecule has 1 heterocycles. The van der Waals surface area contributed by atoms with Crippen LogP contribution in [-0.4, -0.2) is 6.61 Å². The van der Waals surface area contributed by atoms with Gasteiger partial charge in [-0.2, -0.15) is 0 Å². The topological polar surface area (TPSA) is 47.3 Å². The predicted molar refractivity (Wildman–Crippen MR) is 69.7 cm³/mol. The van der Waals surface area contributed by atoms with Gasteiger partial charge in [-0.25, -0.2) is 0 Å². The highest BCUT2D eigenvalue weighted by atomic mass is 16.5. The van der Waals surface area contributed by atoms with Crippen molar-refractivity contribution in [2.45, 2.75) is 33.2 Å². The molecule has 1 aromatic rings.